The first-order valence-corrected chi connectivity index (χ1v) is 18.5. The fraction of sp³-hybridized carbons (Fsp3) is 0.583. The van der Waals surface area contributed by atoms with E-state index in [2.05, 4.69) is 26.0 Å². The van der Waals surface area contributed by atoms with Crippen molar-refractivity contribution in [2.75, 3.05) is 52.4 Å². The number of hydrogen-bond acceptors (Lipinski definition) is 8. The monoisotopic (exact) mass is 960 g/mol. The van der Waals surface area contributed by atoms with Crippen molar-refractivity contribution in [2.24, 2.45) is 0 Å². The van der Waals surface area contributed by atoms with Crippen molar-refractivity contribution in [1.29, 1.82) is 0 Å². The van der Waals surface area contributed by atoms with Crippen LogP contribution in [0.1, 0.15) is 39.3 Å². The molecule has 0 unspecified atom stereocenters. The van der Waals surface area contributed by atoms with Crippen LogP contribution in [0.2, 0.25) is 10.0 Å². The largest absolute Gasteiger partial charge is 0.444 e. The lowest BCUT2D eigenvalue weighted by Crippen LogP contribution is -2.52. The number of alkyl halides is 12. The van der Waals surface area contributed by atoms with Crippen molar-refractivity contribution >= 4 is 52.4 Å². The molecule has 0 bridgehead atoms. The van der Waals surface area contributed by atoms with Gasteiger partial charge >= 0.3 is 42.3 Å². The zero-order valence-electron chi connectivity index (χ0n) is 31.8. The molecule has 0 aromatic heterocycles. The average molecular weight is 962 g/mol. The summed E-state index contributed by atoms with van der Waals surface area (Å²) >= 11 is 15.9. The molecule has 2 aliphatic rings. The Morgan fingerprint density at radius 1 is 0.541 bits per heavy atom. The summed E-state index contributed by atoms with van der Waals surface area (Å²) in [5.41, 5.74) is -0.415. The minimum Gasteiger partial charge on any atom is -0.444 e. The first-order valence-electron chi connectivity index (χ1n) is 17.3. The van der Waals surface area contributed by atoms with Gasteiger partial charge in [-0.25, -0.2) is 14.4 Å². The summed E-state index contributed by atoms with van der Waals surface area (Å²) < 4.78 is 156. The molecule has 61 heavy (non-hydrogen) atoms. The molecule has 348 valence electrons. The molecule has 2 aromatic rings. The highest BCUT2D eigenvalue weighted by Crippen LogP contribution is 2.37. The number of benzene rings is 2. The number of rotatable bonds is 6. The second kappa shape index (κ2) is 23.2. The highest BCUT2D eigenvalue weighted by molar-refractivity contribution is 6.61. The van der Waals surface area contributed by atoms with Gasteiger partial charge in [0.15, 0.2) is 0 Å². The molecular weight excluding hydrogens is 919 g/mol. The first kappa shape index (κ1) is 55.4. The summed E-state index contributed by atoms with van der Waals surface area (Å²) in [7, 11) is 0. The Hall–Kier alpha value is -3.60. The maximum Gasteiger partial charge on any atom is 0.434 e. The van der Waals surface area contributed by atoms with E-state index in [4.69, 9.17) is 27.9 Å². The Morgan fingerprint density at radius 2 is 0.836 bits per heavy atom. The lowest BCUT2D eigenvalue weighted by molar-refractivity contribution is -0.308. The number of carbonyl (C=O) groups is 3. The number of ether oxygens (including phenoxy) is 3. The van der Waals surface area contributed by atoms with Crippen molar-refractivity contribution in [1.82, 2.24) is 19.6 Å². The molecular formula is C36H43Cl3F12N4O6. The minimum absolute atomic E-state index is 0. The number of amides is 2. The van der Waals surface area contributed by atoms with E-state index in [0.29, 0.717) is 37.7 Å². The highest BCUT2D eigenvalue weighted by atomic mass is 35.5. The summed E-state index contributed by atoms with van der Waals surface area (Å²) in [5, 5.41) is 1.33. The molecule has 2 aliphatic heterocycles. The van der Waals surface area contributed by atoms with Crippen molar-refractivity contribution in [3.63, 3.8) is 0 Å². The van der Waals surface area contributed by atoms with E-state index in [9.17, 15) is 67.1 Å². The number of piperazine rings is 2. The van der Waals surface area contributed by atoms with Gasteiger partial charge in [-0.2, -0.15) is 52.7 Å². The van der Waals surface area contributed by atoms with E-state index in [0.717, 1.165) is 35.1 Å². The van der Waals surface area contributed by atoms with Gasteiger partial charge in [0.2, 0.25) is 0 Å². The second-order valence-corrected chi connectivity index (χ2v) is 15.1. The Balaban J connectivity index is 0.000000479. The van der Waals surface area contributed by atoms with Gasteiger partial charge in [-0.3, -0.25) is 9.80 Å². The smallest absolute Gasteiger partial charge is 0.434 e. The lowest BCUT2D eigenvalue weighted by Gasteiger charge is -2.35. The van der Waals surface area contributed by atoms with Crippen LogP contribution in [0.4, 0.5) is 67.1 Å². The highest BCUT2D eigenvalue weighted by Gasteiger charge is 2.61. The van der Waals surface area contributed by atoms with Crippen LogP contribution in [0.3, 0.4) is 0 Å². The van der Waals surface area contributed by atoms with Gasteiger partial charge in [-0.15, -0.1) is 0 Å². The minimum atomic E-state index is -5.72. The van der Waals surface area contributed by atoms with Crippen LogP contribution in [-0.2, 0) is 27.3 Å². The van der Waals surface area contributed by atoms with Gasteiger partial charge in [0.25, 0.3) is 12.2 Å². The predicted molar refractivity (Wildman–Crippen MR) is 200 cm³/mol. The van der Waals surface area contributed by atoms with E-state index in [1.807, 2.05) is 49.9 Å². The molecule has 0 spiro atoms. The Kier molecular flexibility index (Phi) is 21.1. The molecule has 0 N–H and O–H groups in total. The quantitative estimate of drug-likeness (QED) is 0.161. The maximum atomic E-state index is 12.4. The van der Waals surface area contributed by atoms with Gasteiger partial charge in [-0.05, 0) is 56.2 Å². The maximum absolute atomic E-state index is 12.4. The Bertz CT molecular complexity index is 1630. The number of halogens is 15. The van der Waals surface area contributed by atoms with Crippen molar-refractivity contribution < 1.29 is 81.3 Å². The van der Waals surface area contributed by atoms with Crippen LogP contribution >= 0.6 is 34.8 Å². The third-order valence-corrected chi connectivity index (χ3v) is 8.50. The molecule has 4 rings (SSSR count). The fourth-order valence-electron chi connectivity index (χ4n) is 5.11. The molecule has 0 saturated carbocycles. The van der Waals surface area contributed by atoms with Gasteiger partial charge in [0.1, 0.15) is 5.60 Å². The number of hydrogen-bond donors (Lipinski definition) is 0. The summed E-state index contributed by atoms with van der Waals surface area (Å²) in [6, 6.07) is 14.9. The summed E-state index contributed by atoms with van der Waals surface area (Å²) in [6.07, 6.45) is -33.0. The van der Waals surface area contributed by atoms with Crippen LogP contribution in [-0.4, -0.2) is 132 Å². The Labute approximate surface area is 358 Å². The molecule has 2 saturated heterocycles. The van der Waals surface area contributed by atoms with E-state index >= 15 is 0 Å². The summed E-state index contributed by atoms with van der Waals surface area (Å²) in [4.78, 5) is 40.2. The zero-order valence-corrected chi connectivity index (χ0v) is 34.0. The summed E-state index contributed by atoms with van der Waals surface area (Å²) in [6.45, 7) is 10.7. The standard InChI is InChI=1S/C16H23ClN2O2.C15H15ClF6N2O2.C4HClF6O2.CH4/c1-16(2,3)21-15(20)19-10-8-18(9-11-19)12-13-4-6-14(17)7-5-13;16-11-3-1-10(2-4-11)9-23-5-7-24(8-6-23)13(25)26-12(14(17,18)19)15(20,21)22;5-2(12)13-1(3(6,7)8)4(9,10)11;/h4-7H,8-12H2,1-3H3;1-4,12H,5-9H2;1H;1H4. The molecule has 0 atom stereocenters. The van der Waals surface area contributed by atoms with Crippen molar-refractivity contribution in [3.8, 4) is 0 Å². The van der Waals surface area contributed by atoms with E-state index < -0.39 is 54.0 Å². The van der Waals surface area contributed by atoms with Crippen LogP contribution in [0, 0.1) is 0 Å². The number of nitrogens with zero attached hydrogens (tertiary/aromatic N) is 4. The average Bonchev–Trinajstić information content (AvgIpc) is 3.10. The molecule has 0 aliphatic carbocycles. The van der Waals surface area contributed by atoms with E-state index in [-0.39, 0.29) is 26.6 Å². The van der Waals surface area contributed by atoms with Crippen molar-refractivity contribution in [2.45, 2.75) is 83.8 Å². The zero-order chi connectivity index (χ0) is 45.9. The third-order valence-electron chi connectivity index (χ3n) is 7.91. The normalized spacial score (nSPS) is 15.8. The topological polar surface area (TPSA) is 91.9 Å². The molecule has 0 radical (unpaired) electrons. The van der Waals surface area contributed by atoms with Gasteiger partial charge in [0, 0.05) is 87.1 Å². The van der Waals surface area contributed by atoms with Crippen LogP contribution in [0.15, 0.2) is 48.5 Å². The van der Waals surface area contributed by atoms with Gasteiger partial charge in [0.05, 0.1) is 0 Å². The first-order chi connectivity index (χ1) is 27.3. The van der Waals surface area contributed by atoms with Crippen LogP contribution in [0.25, 0.3) is 0 Å². The molecule has 10 nitrogen and oxygen atoms in total. The SMILES string of the molecule is C.CC(C)(C)OC(=O)N1CCN(Cc2ccc(Cl)cc2)CC1.O=C(Cl)OC(C(F)(F)F)C(F)(F)F.O=C(OC(C(F)(F)F)C(F)(F)F)N1CCN(Cc2ccc(Cl)cc2)CC1. The van der Waals surface area contributed by atoms with Crippen LogP contribution < -0.4 is 0 Å². The molecule has 2 aromatic carbocycles. The van der Waals surface area contributed by atoms with Crippen LogP contribution in [0.5, 0.6) is 0 Å². The van der Waals surface area contributed by atoms with E-state index in [1.54, 1.807) is 29.2 Å². The molecule has 2 heterocycles. The van der Waals surface area contributed by atoms with E-state index in [1.165, 1.54) is 5.56 Å². The number of carbonyl (C=O) groups excluding carboxylic acids is 3. The molecule has 25 heteroatoms. The predicted octanol–water partition coefficient (Wildman–Crippen LogP) is 11.0. The lowest BCUT2D eigenvalue weighted by atomic mass is 10.2. The van der Waals surface area contributed by atoms with Gasteiger partial charge < -0.3 is 24.0 Å². The second-order valence-electron chi connectivity index (χ2n) is 13.9. The fourth-order valence-corrected chi connectivity index (χ4v) is 5.45. The third kappa shape index (κ3) is 20.9. The van der Waals surface area contributed by atoms with Gasteiger partial charge in [-0.1, -0.05) is 54.9 Å². The summed E-state index contributed by atoms with van der Waals surface area (Å²) in [5.74, 6) is 0. The molecule has 2 amide bonds. The molecule has 2 fully saturated rings. The Morgan fingerprint density at radius 3 is 1.10 bits per heavy atom. The van der Waals surface area contributed by atoms with Crippen molar-refractivity contribution in [3.05, 3.63) is 69.7 Å².